The molecule has 0 saturated carbocycles. The largest absolute Gasteiger partial charge is 0.330 e. The molecule has 1 aliphatic heterocycles. The molecule has 0 aliphatic carbocycles. The maximum Gasteiger partial charge on any atom is 0.227 e. The van der Waals surface area contributed by atoms with Crippen LogP contribution in [0.3, 0.4) is 0 Å². The number of rotatable bonds is 5. The molecule has 2 N–H and O–H groups in total. The standard InChI is InChI=1S/C15H22N2O/c1-2-17-14-8-6-12(5-3-4-10-16)11-13(14)7-9-15(17)18/h6,8,11H,2-5,7,9-10,16H2,1H3. The first-order chi connectivity index (χ1) is 8.76. The van der Waals surface area contributed by atoms with Gasteiger partial charge in [0, 0.05) is 18.7 Å². The van der Waals surface area contributed by atoms with Crippen LogP contribution in [0.4, 0.5) is 5.69 Å². The van der Waals surface area contributed by atoms with Crippen LogP contribution in [0.2, 0.25) is 0 Å². The highest BCUT2D eigenvalue weighted by atomic mass is 16.2. The van der Waals surface area contributed by atoms with Crippen LogP contribution in [-0.4, -0.2) is 19.0 Å². The number of hydrogen-bond acceptors (Lipinski definition) is 2. The highest BCUT2D eigenvalue weighted by Crippen LogP contribution is 2.28. The molecule has 0 atom stereocenters. The molecule has 2 rings (SSSR count). The van der Waals surface area contributed by atoms with Crippen LogP contribution in [-0.2, 0) is 17.6 Å². The molecule has 1 amide bonds. The van der Waals surface area contributed by atoms with E-state index in [1.807, 2.05) is 11.8 Å². The minimum Gasteiger partial charge on any atom is -0.330 e. The molecule has 0 saturated heterocycles. The van der Waals surface area contributed by atoms with E-state index in [4.69, 9.17) is 5.73 Å². The number of fused-ring (bicyclic) bond motifs is 1. The van der Waals surface area contributed by atoms with E-state index in [2.05, 4.69) is 18.2 Å². The molecule has 1 aliphatic rings. The Morgan fingerprint density at radius 3 is 2.83 bits per heavy atom. The summed E-state index contributed by atoms with van der Waals surface area (Å²) >= 11 is 0. The van der Waals surface area contributed by atoms with Gasteiger partial charge in [-0.1, -0.05) is 12.1 Å². The van der Waals surface area contributed by atoms with Crippen LogP contribution in [0.25, 0.3) is 0 Å². The first kappa shape index (κ1) is 13.1. The maximum atomic E-state index is 11.8. The molecule has 1 heterocycles. The van der Waals surface area contributed by atoms with Gasteiger partial charge in [-0.3, -0.25) is 4.79 Å². The van der Waals surface area contributed by atoms with Gasteiger partial charge in [-0.25, -0.2) is 0 Å². The summed E-state index contributed by atoms with van der Waals surface area (Å²) in [7, 11) is 0. The van der Waals surface area contributed by atoms with E-state index in [9.17, 15) is 4.79 Å². The molecule has 0 fully saturated rings. The van der Waals surface area contributed by atoms with Gasteiger partial charge in [0.25, 0.3) is 0 Å². The summed E-state index contributed by atoms with van der Waals surface area (Å²) in [5.41, 5.74) is 9.31. The number of nitrogens with zero attached hydrogens (tertiary/aromatic N) is 1. The van der Waals surface area contributed by atoms with E-state index in [0.29, 0.717) is 6.42 Å². The van der Waals surface area contributed by atoms with Crippen molar-refractivity contribution in [1.29, 1.82) is 0 Å². The van der Waals surface area contributed by atoms with Crippen LogP contribution in [0.5, 0.6) is 0 Å². The van der Waals surface area contributed by atoms with Gasteiger partial charge in [0.05, 0.1) is 0 Å². The Bertz CT molecular complexity index is 429. The van der Waals surface area contributed by atoms with E-state index in [0.717, 1.165) is 44.5 Å². The molecule has 1 aromatic rings. The van der Waals surface area contributed by atoms with E-state index in [-0.39, 0.29) is 5.91 Å². The molecule has 1 aromatic carbocycles. The fraction of sp³-hybridized carbons (Fsp3) is 0.533. The second-order valence-electron chi connectivity index (χ2n) is 4.85. The van der Waals surface area contributed by atoms with Crippen molar-refractivity contribution in [2.75, 3.05) is 18.0 Å². The van der Waals surface area contributed by atoms with Gasteiger partial charge in [0.2, 0.25) is 5.91 Å². The molecular weight excluding hydrogens is 224 g/mol. The number of carbonyl (C=O) groups excluding carboxylic acids is 1. The molecule has 0 bridgehead atoms. The van der Waals surface area contributed by atoms with Crippen LogP contribution in [0.1, 0.15) is 37.3 Å². The highest BCUT2D eigenvalue weighted by Gasteiger charge is 2.22. The maximum absolute atomic E-state index is 11.8. The van der Waals surface area contributed by atoms with Crippen molar-refractivity contribution in [3.63, 3.8) is 0 Å². The van der Waals surface area contributed by atoms with E-state index < -0.39 is 0 Å². The topological polar surface area (TPSA) is 46.3 Å². The summed E-state index contributed by atoms with van der Waals surface area (Å²) in [6.07, 6.45) is 4.84. The zero-order valence-electron chi connectivity index (χ0n) is 11.1. The van der Waals surface area contributed by atoms with Crippen molar-refractivity contribution >= 4 is 11.6 Å². The molecule has 0 radical (unpaired) electrons. The summed E-state index contributed by atoms with van der Waals surface area (Å²) in [5, 5.41) is 0. The Morgan fingerprint density at radius 1 is 1.28 bits per heavy atom. The first-order valence-corrected chi connectivity index (χ1v) is 6.88. The smallest absolute Gasteiger partial charge is 0.227 e. The number of hydrogen-bond donors (Lipinski definition) is 1. The third kappa shape index (κ3) is 2.72. The second kappa shape index (κ2) is 6.01. The monoisotopic (exact) mass is 246 g/mol. The molecule has 0 spiro atoms. The van der Waals surface area contributed by atoms with E-state index in [1.54, 1.807) is 0 Å². The zero-order valence-corrected chi connectivity index (χ0v) is 11.1. The summed E-state index contributed by atoms with van der Waals surface area (Å²) in [5.74, 6) is 0.251. The van der Waals surface area contributed by atoms with Gasteiger partial charge in [0.15, 0.2) is 0 Å². The number of amides is 1. The SMILES string of the molecule is CCN1C(=O)CCc2cc(CCCCN)ccc21. The van der Waals surface area contributed by atoms with Gasteiger partial charge in [-0.05, 0) is 56.3 Å². The number of anilines is 1. The normalized spacial score (nSPS) is 14.8. The number of aryl methyl sites for hydroxylation is 2. The van der Waals surface area contributed by atoms with Gasteiger partial charge in [-0.2, -0.15) is 0 Å². The Morgan fingerprint density at radius 2 is 2.11 bits per heavy atom. The molecule has 3 nitrogen and oxygen atoms in total. The van der Waals surface area contributed by atoms with Crippen LogP contribution >= 0.6 is 0 Å². The van der Waals surface area contributed by atoms with Gasteiger partial charge < -0.3 is 10.6 Å². The Hall–Kier alpha value is -1.35. The predicted molar refractivity (Wildman–Crippen MR) is 74.8 cm³/mol. The quantitative estimate of drug-likeness (QED) is 0.810. The minimum absolute atomic E-state index is 0.251. The Labute approximate surface area is 109 Å². The molecule has 98 valence electrons. The fourth-order valence-corrected chi connectivity index (χ4v) is 2.59. The molecular formula is C15H22N2O. The van der Waals surface area contributed by atoms with Gasteiger partial charge in [0.1, 0.15) is 0 Å². The summed E-state index contributed by atoms with van der Waals surface area (Å²) in [6, 6.07) is 6.52. The van der Waals surface area contributed by atoms with Crippen molar-refractivity contribution in [3.05, 3.63) is 29.3 Å². The molecule has 18 heavy (non-hydrogen) atoms. The van der Waals surface area contributed by atoms with Crippen LogP contribution < -0.4 is 10.6 Å². The minimum atomic E-state index is 0.251. The number of nitrogens with two attached hydrogens (primary N) is 1. The fourth-order valence-electron chi connectivity index (χ4n) is 2.59. The van der Waals surface area contributed by atoms with Crippen molar-refractivity contribution in [2.45, 2.75) is 39.0 Å². The predicted octanol–water partition coefficient (Wildman–Crippen LogP) is 2.27. The Kier molecular flexibility index (Phi) is 4.37. The third-order valence-corrected chi connectivity index (χ3v) is 3.58. The lowest BCUT2D eigenvalue weighted by molar-refractivity contribution is -0.118. The molecule has 3 heteroatoms. The average molecular weight is 246 g/mol. The zero-order chi connectivity index (χ0) is 13.0. The van der Waals surface area contributed by atoms with E-state index in [1.165, 1.54) is 11.1 Å². The van der Waals surface area contributed by atoms with Crippen molar-refractivity contribution in [2.24, 2.45) is 5.73 Å². The molecule has 0 aromatic heterocycles. The molecule has 0 unspecified atom stereocenters. The number of carbonyl (C=O) groups is 1. The van der Waals surface area contributed by atoms with E-state index >= 15 is 0 Å². The lowest BCUT2D eigenvalue weighted by Gasteiger charge is -2.28. The van der Waals surface area contributed by atoms with Gasteiger partial charge >= 0.3 is 0 Å². The summed E-state index contributed by atoms with van der Waals surface area (Å²) < 4.78 is 0. The average Bonchev–Trinajstić information content (AvgIpc) is 2.39. The third-order valence-electron chi connectivity index (χ3n) is 3.58. The van der Waals surface area contributed by atoms with Crippen molar-refractivity contribution in [3.8, 4) is 0 Å². The first-order valence-electron chi connectivity index (χ1n) is 6.88. The van der Waals surface area contributed by atoms with Crippen LogP contribution in [0.15, 0.2) is 18.2 Å². The van der Waals surface area contributed by atoms with Gasteiger partial charge in [-0.15, -0.1) is 0 Å². The lowest BCUT2D eigenvalue weighted by Crippen LogP contribution is -2.34. The highest BCUT2D eigenvalue weighted by molar-refractivity contribution is 5.96. The van der Waals surface area contributed by atoms with Crippen molar-refractivity contribution < 1.29 is 4.79 Å². The summed E-state index contributed by atoms with van der Waals surface area (Å²) in [4.78, 5) is 13.7. The second-order valence-corrected chi connectivity index (χ2v) is 4.85. The van der Waals surface area contributed by atoms with Crippen molar-refractivity contribution in [1.82, 2.24) is 0 Å². The van der Waals surface area contributed by atoms with Crippen LogP contribution in [0, 0.1) is 0 Å². The Balaban J connectivity index is 2.14. The lowest BCUT2D eigenvalue weighted by atomic mass is 9.97. The number of unbranched alkanes of at least 4 members (excludes halogenated alkanes) is 1. The summed E-state index contributed by atoms with van der Waals surface area (Å²) in [6.45, 7) is 3.56. The number of benzene rings is 1.